The minimum Gasteiger partial charge on any atom is -0.421 e. The third-order valence-electron chi connectivity index (χ3n) is 3.88. The number of hydrogen-bond acceptors (Lipinski definition) is 8. The van der Waals surface area contributed by atoms with E-state index < -0.39 is 11.5 Å². The summed E-state index contributed by atoms with van der Waals surface area (Å²) in [6, 6.07) is 15.5. The lowest BCUT2D eigenvalue weighted by atomic mass is 10.2. The zero-order valence-corrected chi connectivity index (χ0v) is 14.2. The molecule has 0 fully saturated rings. The maximum absolute atomic E-state index is 12.4. The standard InChI is InChI=1S/C18H12N8O2/c19-9-14(17(20)21)23-22-11-6-5-10-7-15(18(27)28-16(10)8-11)26-24-12-3-1-2-4-13(12)25-26/h1-8,22H,(H3,20,21)/b23-14+. The van der Waals surface area contributed by atoms with E-state index in [2.05, 4.69) is 20.7 Å². The van der Waals surface area contributed by atoms with Crippen LogP contribution >= 0.6 is 0 Å². The fraction of sp³-hybridized carbons (Fsp3) is 0. The van der Waals surface area contributed by atoms with Crippen molar-refractivity contribution in [3.63, 3.8) is 0 Å². The molecule has 4 rings (SSSR count). The number of aromatic nitrogens is 3. The van der Waals surface area contributed by atoms with Crippen LogP contribution < -0.4 is 16.8 Å². The molecule has 136 valence electrons. The van der Waals surface area contributed by atoms with Crippen LogP contribution in [0.15, 0.2) is 62.8 Å². The summed E-state index contributed by atoms with van der Waals surface area (Å²) in [4.78, 5) is 13.7. The van der Waals surface area contributed by atoms with Crippen molar-refractivity contribution in [2.24, 2.45) is 10.8 Å². The summed E-state index contributed by atoms with van der Waals surface area (Å²) in [7, 11) is 0. The topological polar surface area (TPSA) is 159 Å². The molecule has 0 aliphatic rings. The molecule has 0 atom stereocenters. The fourth-order valence-electron chi connectivity index (χ4n) is 2.54. The highest BCUT2D eigenvalue weighted by Gasteiger charge is 2.12. The highest BCUT2D eigenvalue weighted by Crippen LogP contribution is 2.20. The van der Waals surface area contributed by atoms with E-state index in [1.165, 1.54) is 4.80 Å². The summed E-state index contributed by atoms with van der Waals surface area (Å²) < 4.78 is 5.39. The first-order chi connectivity index (χ1) is 13.5. The molecule has 0 bridgehead atoms. The first-order valence-electron chi connectivity index (χ1n) is 8.04. The Bertz CT molecular complexity index is 1330. The second kappa shape index (κ2) is 6.65. The largest absolute Gasteiger partial charge is 0.421 e. The predicted molar refractivity (Wildman–Crippen MR) is 103 cm³/mol. The molecule has 0 unspecified atom stereocenters. The number of nitrogens with two attached hydrogens (primary N) is 1. The maximum Gasteiger partial charge on any atom is 0.364 e. The van der Waals surface area contributed by atoms with Gasteiger partial charge >= 0.3 is 5.63 Å². The number of nitriles is 1. The highest BCUT2D eigenvalue weighted by atomic mass is 16.4. The molecule has 0 saturated heterocycles. The Morgan fingerprint density at radius 1 is 1.21 bits per heavy atom. The predicted octanol–water partition coefficient (Wildman–Crippen LogP) is 1.75. The molecule has 4 N–H and O–H groups in total. The number of fused-ring (bicyclic) bond motifs is 2. The van der Waals surface area contributed by atoms with Crippen LogP contribution in [0.4, 0.5) is 5.69 Å². The van der Waals surface area contributed by atoms with E-state index in [1.807, 2.05) is 12.1 Å². The molecule has 0 radical (unpaired) electrons. The Labute approximate surface area is 157 Å². The number of hydrazone groups is 1. The van der Waals surface area contributed by atoms with Crippen molar-refractivity contribution in [1.82, 2.24) is 15.0 Å². The smallest absolute Gasteiger partial charge is 0.364 e. The van der Waals surface area contributed by atoms with Crippen molar-refractivity contribution in [3.05, 3.63) is 59.0 Å². The third-order valence-corrected chi connectivity index (χ3v) is 3.88. The molecule has 28 heavy (non-hydrogen) atoms. The highest BCUT2D eigenvalue weighted by molar-refractivity contribution is 6.45. The van der Waals surface area contributed by atoms with E-state index in [1.54, 1.807) is 42.5 Å². The molecule has 2 heterocycles. The summed E-state index contributed by atoms with van der Waals surface area (Å²) in [5, 5.41) is 29.1. The normalized spacial score (nSPS) is 11.5. The molecule has 0 aliphatic carbocycles. The zero-order chi connectivity index (χ0) is 19.7. The van der Waals surface area contributed by atoms with Gasteiger partial charge in [-0.05, 0) is 30.3 Å². The Morgan fingerprint density at radius 3 is 2.57 bits per heavy atom. The first kappa shape index (κ1) is 16.9. The van der Waals surface area contributed by atoms with Gasteiger partial charge in [-0.25, -0.2) is 4.79 Å². The number of benzene rings is 2. The molecule has 0 saturated carbocycles. The second-order valence-corrected chi connectivity index (χ2v) is 5.75. The summed E-state index contributed by atoms with van der Waals surface area (Å²) in [5.74, 6) is -0.453. The molecule has 10 nitrogen and oxygen atoms in total. The number of hydrogen-bond donors (Lipinski definition) is 3. The van der Waals surface area contributed by atoms with Crippen LogP contribution in [-0.2, 0) is 0 Å². The fourth-order valence-corrected chi connectivity index (χ4v) is 2.54. The van der Waals surface area contributed by atoms with Gasteiger partial charge in [-0.2, -0.15) is 10.4 Å². The van der Waals surface area contributed by atoms with Crippen LogP contribution in [0.2, 0.25) is 0 Å². The lowest BCUT2D eigenvalue weighted by molar-refractivity contribution is 0.546. The van der Waals surface area contributed by atoms with Gasteiger partial charge in [-0.3, -0.25) is 10.8 Å². The van der Waals surface area contributed by atoms with Gasteiger partial charge < -0.3 is 10.2 Å². The van der Waals surface area contributed by atoms with Gasteiger partial charge in [0.25, 0.3) is 0 Å². The van der Waals surface area contributed by atoms with E-state index in [9.17, 15) is 4.79 Å². The van der Waals surface area contributed by atoms with Crippen molar-refractivity contribution in [3.8, 4) is 11.8 Å². The van der Waals surface area contributed by atoms with Crippen molar-refractivity contribution in [1.29, 1.82) is 10.7 Å². The van der Waals surface area contributed by atoms with Crippen molar-refractivity contribution >= 4 is 39.2 Å². The molecule has 0 spiro atoms. The van der Waals surface area contributed by atoms with Crippen LogP contribution in [0.25, 0.3) is 27.7 Å². The Morgan fingerprint density at radius 2 is 1.93 bits per heavy atom. The van der Waals surface area contributed by atoms with E-state index in [-0.39, 0.29) is 11.4 Å². The first-order valence-corrected chi connectivity index (χ1v) is 8.04. The third kappa shape index (κ3) is 3.04. The van der Waals surface area contributed by atoms with Crippen molar-refractivity contribution in [2.45, 2.75) is 0 Å². The van der Waals surface area contributed by atoms with Crippen LogP contribution in [0.1, 0.15) is 0 Å². The van der Waals surface area contributed by atoms with Crippen LogP contribution in [0.3, 0.4) is 0 Å². The van der Waals surface area contributed by atoms with Gasteiger partial charge in [-0.15, -0.1) is 15.0 Å². The SMILES string of the molecule is N#C/C(=N\Nc1ccc2cc(-n3nc4ccccc4n3)c(=O)oc2c1)C(=N)N. The Kier molecular flexibility index (Phi) is 4.02. The average Bonchev–Trinajstić information content (AvgIpc) is 3.11. The van der Waals surface area contributed by atoms with E-state index in [0.29, 0.717) is 27.7 Å². The van der Waals surface area contributed by atoms with Crippen LogP contribution in [-0.4, -0.2) is 26.5 Å². The van der Waals surface area contributed by atoms with Gasteiger partial charge in [0.05, 0.1) is 5.69 Å². The zero-order valence-electron chi connectivity index (χ0n) is 14.2. The monoisotopic (exact) mass is 372 g/mol. The molecule has 4 aromatic rings. The molecule has 0 amide bonds. The second-order valence-electron chi connectivity index (χ2n) is 5.75. The molecular formula is C18H12N8O2. The van der Waals surface area contributed by atoms with E-state index in [4.69, 9.17) is 20.8 Å². The van der Waals surface area contributed by atoms with Gasteiger partial charge in [0.15, 0.2) is 11.5 Å². The van der Waals surface area contributed by atoms with Crippen molar-refractivity contribution in [2.75, 3.05) is 5.43 Å². The number of rotatable bonds is 4. The lowest BCUT2D eigenvalue weighted by Gasteiger charge is -2.04. The van der Waals surface area contributed by atoms with Gasteiger partial charge in [-0.1, -0.05) is 12.1 Å². The number of nitrogens with one attached hydrogen (secondary N) is 2. The molecule has 0 aliphatic heterocycles. The average molecular weight is 372 g/mol. The molecule has 2 aromatic carbocycles. The maximum atomic E-state index is 12.4. The minimum absolute atomic E-state index is 0.186. The number of nitrogens with zero attached hydrogens (tertiary/aromatic N) is 5. The van der Waals surface area contributed by atoms with Gasteiger partial charge in [0.2, 0.25) is 5.71 Å². The Balaban J connectivity index is 1.73. The van der Waals surface area contributed by atoms with Crippen LogP contribution in [0, 0.1) is 16.7 Å². The van der Waals surface area contributed by atoms with E-state index >= 15 is 0 Å². The summed E-state index contributed by atoms with van der Waals surface area (Å²) in [6.45, 7) is 0. The molecular weight excluding hydrogens is 360 g/mol. The number of anilines is 1. The summed E-state index contributed by atoms with van der Waals surface area (Å²) in [6.07, 6.45) is 0. The molecule has 2 aromatic heterocycles. The quantitative estimate of drug-likeness (QED) is 0.213. The Hall–Kier alpha value is -4.52. The summed E-state index contributed by atoms with van der Waals surface area (Å²) in [5.41, 5.74) is 9.27. The number of amidine groups is 1. The van der Waals surface area contributed by atoms with Gasteiger partial charge in [0, 0.05) is 11.5 Å². The van der Waals surface area contributed by atoms with Gasteiger partial charge in [0.1, 0.15) is 22.7 Å². The van der Waals surface area contributed by atoms with Crippen LogP contribution in [0.5, 0.6) is 0 Å². The lowest BCUT2D eigenvalue weighted by Crippen LogP contribution is -2.21. The minimum atomic E-state index is -0.602. The molecule has 10 heteroatoms. The van der Waals surface area contributed by atoms with E-state index in [0.717, 1.165) is 0 Å². The van der Waals surface area contributed by atoms with Crippen molar-refractivity contribution < 1.29 is 4.42 Å². The summed E-state index contributed by atoms with van der Waals surface area (Å²) >= 11 is 0.